The molecule has 6 heteroatoms. The highest BCUT2D eigenvalue weighted by molar-refractivity contribution is 6.13. The van der Waals surface area contributed by atoms with Crippen molar-refractivity contribution in [2.75, 3.05) is 5.32 Å². The summed E-state index contributed by atoms with van der Waals surface area (Å²) < 4.78 is 0. The third-order valence-corrected chi connectivity index (χ3v) is 4.64. The third kappa shape index (κ3) is 3.94. The number of primary amides is 2. The lowest BCUT2D eigenvalue weighted by molar-refractivity contribution is 0.100. The molecular formula is C19H22N4O2. The van der Waals surface area contributed by atoms with Crippen LogP contribution in [-0.4, -0.2) is 16.9 Å². The largest absolute Gasteiger partial charge is 0.365 e. The van der Waals surface area contributed by atoms with E-state index in [1.807, 2.05) is 12.1 Å². The van der Waals surface area contributed by atoms with Gasteiger partial charge in [0.15, 0.2) is 0 Å². The molecule has 1 heterocycles. The normalized spacial score (nSPS) is 14.7. The van der Waals surface area contributed by atoms with Gasteiger partial charge in [-0.15, -0.1) is 0 Å². The molecule has 1 saturated carbocycles. The molecule has 6 nitrogen and oxygen atoms in total. The van der Waals surface area contributed by atoms with E-state index in [0.717, 1.165) is 12.0 Å². The number of aromatic nitrogens is 1. The predicted octanol–water partition coefficient (Wildman–Crippen LogP) is 3.08. The van der Waals surface area contributed by atoms with Crippen LogP contribution in [0.5, 0.6) is 0 Å². The van der Waals surface area contributed by atoms with Crippen LogP contribution in [0.2, 0.25) is 0 Å². The van der Waals surface area contributed by atoms with Crippen LogP contribution < -0.4 is 16.8 Å². The van der Waals surface area contributed by atoms with Crippen molar-refractivity contribution in [2.45, 2.75) is 38.5 Å². The summed E-state index contributed by atoms with van der Waals surface area (Å²) in [5.41, 5.74) is 12.3. The number of carbonyl (C=O) groups is 2. The number of urea groups is 1. The molecule has 1 aromatic carbocycles. The molecule has 3 rings (SSSR count). The molecule has 1 fully saturated rings. The molecule has 2 aromatic rings. The Bertz CT molecular complexity index is 867. The highest BCUT2D eigenvalue weighted by atomic mass is 16.2. The Hall–Kier alpha value is -2.94. The van der Waals surface area contributed by atoms with Crippen molar-refractivity contribution >= 4 is 28.7 Å². The van der Waals surface area contributed by atoms with Crippen LogP contribution in [0.1, 0.15) is 54.4 Å². The molecule has 3 amide bonds. The van der Waals surface area contributed by atoms with Gasteiger partial charge in [0.2, 0.25) is 0 Å². The maximum Gasteiger partial charge on any atom is 0.317 e. The summed E-state index contributed by atoms with van der Waals surface area (Å²) in [5.74, 6) is 6.74. The molecule has 0 bridgehead atoms. The Kier molecular flexibility index (Phi) is 4.94. The quantitative estimate of drug-likeness (QED) is 0.644. The van der Waals surface area contributed by atoms with Crippen LogP contribution in [0.3, 0.4) is 0 Å². The molecule has 0 spiro atoms. The molecule has 0 radical (unpaired) electrons. The molecule has 25 heavy (non-hydrogen) atoms. The minimum absolute atomic E-state index is 0.210. The van der Waals surface area contributed by atoms with Crippen LogP contribution in [0.25, 0.3) is 10.9 Å². The molecule has 0 atom stereocenters. The fourth-order valence-electron chi connectivity index (χ4n) is 3.44. The Balaban J connectivity index is 1.84. The van der Waals surface area contributed by atoms with Gasteiger partial charge < -0.3 is 16.5 Å². The summed E-state index contributed by atoms with van der Waals surface area (Å²) >= 11 is 0. The van der Waals surface area contributed by atoms with Gasteiger partial charge >= 0.3 is 6.03 Å². The van der Waals surface area contributed by atoms with E-state index in [-0.39, 0.29) is 11.4 Å². The summed E-state index contributed by atoms with van der Waals surface area (Å²) in [6.45, 7) is 0. The Morgan fingerprint density at radius 1 is 1.20 bits per heavy atom. The number of carbonyl (C=O) groups excluding carboxylic acids is 2. The number of nitrogens with one attached hydrogen (secondary N) is 2. The maximum absolute atomic E-state index is 11.7. The van der Waals surface area contributed by atoms with Crippen LogP contribution in [0.4, 0.5) is 10.6 Å². The zero-order valence-corrected chi connectivity index (χ0v) is 14.0. The van der Waals surface area contributed by atoms with Crippen molar-refractivity contribution in [2.24, 2.45) is 17.4 Å². The number of aromatic amines is 1. The van der Waals surface area contributed by atoms with E-state index in [1.54, 1.807) is 6.07 Å². The second kappa shape index (κ2) is 7.31. The smallest absolute Gasteiger partial charge is 0.317 e. The first-order valence-corrected chi connectivity index (χ1v) is 8.55. The van der Waals surface area contributed by atoms with E-state index < -0.39 is 11.9 Å². The number of benzene rings is 1. The van der Waals surface area contributed by atoms with Gasteiger partial charge in [-0.1, -0.05) is 37.2 Å². The van der Waals surface area contributed by atoms with E-state index in [1.165, 1.54) is 32.1 Å². The van der Waals surface area contributed by atoms with Crippen LogP contribution in [0.15, 0.2) is 18.2 Å². The number of rotatable bonds is 3. The zero-order valence-electron chi connectivity index (χ0n) is 14.0. The minimum atomic E-state index is -0.762. The summed E-state index contributed by atoms with van der Waals surface area (Å²) in [7, 11) is 0. The molecule has 6 N–H and O–H groups in total. The Morgan fingerprint density at radius 3 is 2.64 bits per heavy atom. The van der Waals surface area contributed by atoms with Gasteiger partial charge in [-0.25, -0.2) is 4.79 Å². The van der Waals surface area contributed by atoms with Crippen molar-refractivity contribution in [1.82, 2.24) is 4.98 Å². The van der Waals surface area contributed by atoms with E-state index in [2.05, 4.69) is 22.1 Å². The van der Waals surface area contributed by atoms with Gasteiger partial charge in [0.05, 0.1) is 5.56 Å². The van der Waals surface area contributed by atoms with Gasteiger partial charge in [-0.2, -0.15) is 0 Å². The van der Waals surface area contributed by atoms with Crippen molar-refractivity contribution in [3.8, 4) is 11.8 Å². The first-order chi connectivity index (χ1) is 12.0. The van der Waals surface area contributed by atoms with Crippen LogP contribution >= 0.6 is 0 Å². The monoisotopic (exact) mass is 338 g/mol. The lowest BCUT2D eigenvalue weighted by Gasteiger charge is -2.18. The molecule has 0 saturated heterocycles. The van der Waals surface area contributed by atoms with Crippen molar-refractivity contribution < 1.29 is 9.59 Å². The van der Waals surface area contributed by atoms with Gasteiger partial charge in [0.25, 0.3) is 5.91 Å². The topological polar surface area (TPSA) is 114 Å². The number of fused-ring (bicyclic) bond motifs is 1. The molecular weight excluding hydrogens is 316 g/mol. The molecule has 0 aliphatic heterocycles. The molecule has 1 aliphatic carbocycles. The van der Waals surface area contributed by atoms with Crippen LogP contribution in [-0.2, 0) is 0 Å². The molecule has 1 aromatic heterocycles. The number of anilines is 1. The lowest BCUT2D eigenvalue weighted by Crippen LogP contribution is -2.22. The number of hydrogen-bond donors (Lipinski definition) is 4. The lowest BCUT2D eigenvalue weighted by atomic mass is 9.87. The van der Waals surface area contributed by atoms with Crippen molar-refractivity contribution in [3.05, 3.63) is 29.3 Å². The highest BCUT2D eigenvalue weighted by Gasteiger charge is 2.17. The number of nitrogens with two attached hydrogens (primary N) is 2. The van der Waals surface area contributed by atoms with E-state index in [4.69, 9.17) is 11.5 Å². The second-order valence-corrected chi connectivity index (χ2v) is 6.50. The van der Waals surface area contributed by atoms with Gasteiger partial charge in [0.1, 0.15) is 5.82 Å². The van der Waals surface area contributed by atoms with Crippen molar-refractivity contribution in [3.63, 3.8) is 0 Å². The predicted molar refractivity (Wildman–Crippen MR) is 98.1 cm³/mol. The summed E-state index contributed by atoms with van der Waals surface area (Å²) in [4.78, 5) is 25.8. The van der Waals surface area contributed by atoms with Crippen molar-refractivity contribution in [1.29, 1.82) is 0 Å². The fourth-order valence-corrected chi connectivity index (χ4v) is 3.44. The first-order valence-electron chi connectivity index (χ1n) is 8.55. The standard InChI is InChI=1S/C19H22N4O2/c20-17(24)16-14-10-9-13(8-4-7-12-5-2-1-3-6-12)11-15(14)22-18(16)23-19(21)25/h9-12,22H,1-3,5-7H2,(H2,20,24)(H3,21,23,25). The molecule has 130 valence electrons. The summed E-state index contributed by atoms with van der Waals surface area (Å²) in [5, 5.41) is 3.03. The second-order valence-electron chi connectivity index (χ2n) is 6.50. The summed E-state index contributed by atoms with van der Waals surface area (Å²) in [6, 6.07) is 4.72. The average molecular weight is 338 g/mol. The van der Waals surface area contributed by atoms with Gasteiger partial charge in [0, 0.05) is 22.9 Å². The highest BCUT2D eigenvalue weighted by Crippen LogP contribution is 2.27. The first kappa shape index (κ1) is 16.9. The number of hydrogen-bond acceptors (Lipinski definition) is 2. The zero-order chi connectivity index (χ0) is 17.8. The van der Waals surface area contributed by atoms with Gasteiger partial charge in [-0.05, 0) is 30.9 Å². The van der Waals surface area contributed by atoms with Gasteiger partial charge in [-0.3, -0.25) is 10.1 Å². The molecule has 0 unspecified atom stereocenters. The van der Waals surface area contributed by atoms with E-state index in [9.17, 15) is 9.59 Å². The number of amides is 3. The molecule has 1 aliphatic rings. The average Bonchev–Trinajstić information content (AvgIpc) is 2.92. The SMILES string of the molecule is NC(=O)Nc1[nH]c2cc(C#CCC3CCCCC3)ccc2c1C(N)=O. The van der Waals surface area contributed by atoms with Crippen LogP contribution in [0, 0.1) is 17.8 Å². The number of H-pyrrole nitrogens is 1. The van der Waals surface area contributed by atoms with E-state index in [0.29, 0.717) is 16.8 Å². The van der Waals surface area contributed by atoms with E-state index >= 15 is 0 Å². The fraction of sp³-hybridized carbons (Fsp3) is 0.368. The maximum atomic E-state index is 11.7. The Morgan fingerprint density at radius 2 is 1.96 bits per heavy atom. The third-order valence-electron chi connectivity index (χ3n) is 4.64. The summed E-state index contributed by atoms with van der Waals surface area (Å²) in [6.07, 6.45) is 7.43. The minimum Gasteiger partial charge on any atom is -0.365 e. The Labute approximate surface area is 146 Å².